The van der Waals surface area contributed by atoms with Crippen LogP contribution in [0.15, 0.2) is 37.2 Å². The Morgan fingerprint density at radius 3 is 2.91 bits per heavy atom. The molecule has 0 aliphatic carbocycles. The molecule has 2 aliphatic rings. The first kappa shape index (κ1) is 19.6. The number of carbonyl (C=O) groups is 1. The van der Waals surface area contributed by atoms with Gasteiger partial charge in [-0.3, -0.25) is 4.40 Å². The van der Waals surface area contributed by atoms with Crippen LogP contribution in [0.5, 0.6) is 0 Å². The summed E-state index contributed by atoms with van der Waals surface area (Å²) in [6.45, 7) is 5.59. The maximum absolute atomic E-state index is 13.0. The second-order valence-corrected chi connectivity index (χ2v) is 8.51. The molecule has 2 unspecified atom stereocenters. The SMILES string of the molecule is CC1CN(C(=O)NC2CCN(c3ccc4nncn4n3)C2)CCN1c1nccn2cnnc12. The van der Waals surface area contributed by atoms with Crippen molar-refractivity contribution in [2.24, 2.45) is 0 Å². The third-order valence-electron chi connectivity index (χ3n) is 6.37. The number of nitrogens with one attached hydrogen (secondary N) is 1. The van der Waals surface area contributed by atoms with Crippen LogP contribution in [0.2, 0.25) is 0 Å². The van der Waals surface area contributed by atoms with Gasteiger partial charge < -0.3 is 20.0 Å². The number of hydrogen-bond acceptors (Lipinski definition) is 9. The molecule has 170 valence electrons. The van der Waals surface area contributed by atoms with Crippen LogP contribution in [0.3, 0.4) is 0 Å². The van der Waals surface area contributed by atoms with Gasteiger partial charge >= 0.3 is 6.03 Å². The maximum Gasteiger partial charge on any atom is 0.317 e. The highest BCUT2D eigenvalue weighted by atomic mass is 16.2. The second kappa shape index (κ2) is 7.83. The van der Waals surface area contributed by atoms with E-state index < -0.39 is 0 Å². The van der Waals surface area contributed by atoms with Gasteiger partial charge in [-0.25, -0.2) is 9.78 Å². The zero-order chi connectivity index (χ0) is 22.4. The van der Waals surface area contributed by atoms with E-state index in [1.165, 1.54) is 0 Å². The zero-order valence-electron chi connectivity index (χ0n) is 18.2. The van der Waals surface area contributed by atoms with Crippen molar-refractivity contribution in [3.05, 3.63) is 37.2 Å². The summed E-state index contributed by atoms with van der Waals surface area (Å²) in [5.74, 6) is 1.66. The second-order valence-electron chi connectivity index (χ2n) is 8.51. The number of fused-ring (bicyclic) bond motifs is 2. The molecule has 2 amide bonds. The minimum absolute atomic E-state index is 0.0239. The number of piperazine rings is 1. The Morgan fingerprint density at radius 1 is 1.09 bits per heavy atom. The van der Waals surface area contributed by atoms with Crippen LogP contribution in [0, 0.1) is 0 Å². The van der Waals surface area contributed by atoms with E-state index in [2.05, 4.69) is 52.5 Å². The van der Waals surface area contributed by atoms with Crippen molar-refractivity contribution in [2.45, 2.75) is 25.4 Å². The molecule has 13 heteroatoms. The van der Waals surface area contributed by atoms with Gasteiger partial charge in [0.05, 0.1) is 0 Å². The summed E-state index contributed by atoms with van der Waals surface area (Å²) >= 11 is 0. The molecule has 2 aliphatic heterocycles. The Bertz CT molecular complexity index is 1300. The molecule has 0 saturated carbocycles. The van der Waals surface area contributed by atoms with Gasteiger partial charge in [0.25, 0.3) is 0 Å². The Balaban J connectivity index is 1.07. The van der Waals surface area contributed by atoms with E-state index in [1.54, 1.807) is 23.4 Å². The molecule has 1 N–H and O–H groups in total. The number of nitrogens with zero attached hydrogens (tertiary/aromatic N) is 11. The zero-order valence-corrected chi connectivity index (χ0v) is 18.2. The molecular weight excluding hydrogens is 424 g/mol. The van der Waals surface area contributed by atoms with Gasteiger partial charge in [-0.1, -0.05) is 0 Å². The van der Waals surface area contributed by atoms with E-state index in [9.17, 15) is 4.79 Å². The molecule has 2 fully saturated rings. The van der Waals surface area contributed by atoms with Gasteiger partial charge in [-0.05, 0) is 25.5 Å². The molecule has 2 atom stereocenters. The van der Waals surface area contributed by atoms with E-state index in [4.69, 9.17) is 0 Å². The number of hydrogen-bond donors (Lipinski definition) is 1. The van der Waals surface area contributed by atoms with Crippen LogP contribution in [-0.4, -0.2) is 95.1 Å². The van der Waals surface area contributed by atoms with Gasteiger partial charge in [0.15, 0.2) is 11.5 Å². The standard InChI is InChI=1S/C20H24N12O/c1-14-10-29(8-9-31(14)18-19-26-22-12-30(19)7-5-21-18)20(33)24-15-4-6-28(11-15)17-3-2-16-25-23-13-32(16)27-17/h2-3,5,7,12-15H,4,6,8-11H2,1H3,(H,24,33). The lowest BCUT2D eigenvalue weighted by Crippen LogP contribution is -2.57. The van der Waals surface area contributed by atoms with Gasteiger partial charge in [-0.15, -0.1) is 25.5 Å². The Morgan fingerprint density at radius 2 is 2.00 bits per heavy atom. The summed E-state index contributed by atoms with van der Waals surface area (Å²) < 4.78 is 3.52. The fraction of sp³-hybridized carbons (Fsp3) is 0.450. The number of aromatic nitrogens is 8. The molecule has 0 bridgehead atoms. The number of urea groups is 1. The van der Waals surface area contributed by atoms with Crippen LogP contribution in [0.25, 0.3) is 11.3 Å². The van der Waals surface area contributed by atoms with E-state index in [0.717, 1.165) is 36.8 Å². The quantitative estimate of drug-likeness (QED) is 0.463. The lowest BCUT2D eigenvalue weighted by Gasteiger charge is -2.40. The number of anilines is 2. The molecule has 4 aromatic rings. The van der Waals surface area contributed by atoms with Gasteiger partial charge in [0.1, 0.15) is 18.5 Å². The Labute approximate surface area is 189 Å². The molecule has 2 saturated heterocycles. The fourth-order valence-corrected chi connectivity index (χ4v) is 4.64. The van der Waals surface area contributed by atoms with Crippen LogP contribution >= 0.6 is 0 Å². The van der Waals surface area contributed by atoms with Crippen molar-refractivity contribution < 1.29 is 4.79 Å². The van der Waals surface area contributed by atoms with Crippen molar-refractivity contribution in [3.8, 4) is 0 Å². The Kier molecular flexibility index (Phi) is 4.66. The third kappa shape index (κ3) is 3.54. The van der Waals surface area contributed by atoms with Crippen molar-refractivity contribution >= 4 is 29.0 Å². The van der Waals surface area contributed by atoms with Gasteiger partial charge in [0.2, 0.25) is 5.65 Å². The summed E-state index contributed by atoms with van der Waals surface area (Å²) in [4.78, 5) is 23.8. The van der Waals surface area contributed by atoms with E-state index in [0.29, 0.717) is 25.3 Å². The molecule has 6 rings (SSSR count). The van der Waals surface area contributed by atoms with Crippen LogP contribution < -0.4 is 15.1 Å². The highest BCUT2D eigenvalue weighted by molar-refractivity contribution is 5.75. The van der Waals surface area contributed by atoms with E-state index in [-0.39, 0.29) is 18.1 Å². The predicted molar refractivity (Wildman–Crippen MR) is 119 cm³/mol. The lowest BCUT2D eigenvalue weighted by molar-refractivity contribution is 0.183. The lowest BCUT2D eigenvalue weighted by atomic mass is 10.2. The number of rotatable bonds is 3. The van der Waals surface area contributed by atoms with Crippen molar-refractivity contribution in [1.82, 2.24) is 49.6 Å². The van der Waals surface area contributed by atoms with E-state index >= 15 is 0 Å². The van der Waals surface area contributed by atoms with Gasteiger partial charge in [0, 0.05) is 57.2 Å². The molecule has 6 heterocycles. The molecule has 4 aromatic heterocycles. The summed E-state index contributed by atoms with van der Waals surface area (Å²) in [6, 6.07) is 4.01. The van der Waals surface area contributed by atoms with Crippen LogP contribution in [0.4, 0.5) is 16.4 Å². The van der Waals surface area contributed by atoms with Crippen molar-refractivity contribution in [1.29, 1.82) is 0 Å². The van der Waals surface area contributed by atoms with E-state index in [1.807, 2.05) is 27.6 Å². The first-order chi connectivity index (χ1) is 16.2. The summed E-state index contributed by atoms with van der Waals surface area (Å²) in [5.41, 5.74) is 1.44. The summed E-state index contributed by atoms with van der Waals surface area (Å²) in [6.07, 6.45) is 7.72. The maximum atomic E-state index is 13.0. The molecule has 13 nitrogen and oxygen atoms in total. The average molecular weight is 448 g/mol. The normalized spacial score (nSPS) is 21.3. The molecule has 0 spiro atoms. The first-order valence-electron chi connectivity index (χ1n) is 11.0. The topological polar surface area (TPSA) is 125 Å². The number of carbonyl (C=O) groups excluding carboxylic acids is 1. The van der Waals surface area contributed by atoms with Crippen LogP contribution in [-0.2, 0) is 0 Å². The van der Waals surface area contributed by atoms with Crippen molar-refractivity contribution in [3.63, 3.8) is 0 Å². The third-order valence-corrected chi connectivity index (χ3v) is 6.37. The Hall–Kier alpha value is -4.03. The smallest absolute Gasteiger partial charge is 0.317 e. The number of amides is 2. The fourth-order valence-electron chi connectivity index (χ4n) is 4.64. The molecule has 33 heavy (non-hydrogen) atoms. The summed E-state index contributed by atoms with van der Waals surface area (Å²) in [7, 11) is 0. The predicted octanol–water partition coefficient (Wildman–Crippen LogP) is 0.0610. The minimum Gasteiger partial charge on any atom is -0.353 e. The van der Waals surface area contributed by atoms with Crippen LogP contribution in [0.1, 0.15) is 13.3 Å². The highest BCUT2D eigenvalue weighted by Gasteiger charge is 2.31. The highest BCUT2D eigenvalue weighted by Crippen LogP contribution is 2.22. The van der Waals surface area contributed by atoms with Crippen molar-refractivity contribution in [2.75, 3.05) is 42.5 Å². The average Bonchev–Trinajstić information content (AvgIpc) is 3.58. The minimum atomic E-state index is -0.0239. The monoisotopic (exact) mass is 448 g/mol. The first-order valence-corrected chi connectivity index (χ1v) is 11.0. The molecule has 0 radical (unpaired) electrons. The summed E-state index contributed by atoms with van der Waals surface area (Å²) in [5, 5.41) is 23.8. The largest absolute Gasteiger partial charge is 0.353 e. The van der Waals surface area contributed by atoms with Gasteiger partial charge in [-0.2, -0.15) is 4.52 Å². The molecular formula is C20H24N12O. The molecule has 0 aromatic carbocycles.